The number of hydrogen-bond acceptors (Lipinski definition) is 2. The lowest BCUT2D eigenvalue weighted by molar-refractivity contribution is 0.102. The van der Waals surface area contributed by atoms with Gasteiger partial charge in [0, 0.05) is 17.9 Å². The zero-order valence-corrected chi connectivity index (χ0v) is 11.3. The molecule has 100 valence electrons. The maximum atomic E-state index is 13.0. The van der Waals surface area contributed by atoms with Crippen LogP contribution in [0, 0.1) is 12.7 Å². The molecule has 1 aromatic carbocycles. The van der Waals surface area contributed by atoms with Gasteiger partial charge in [-0.3, -0.25) is 9.48 Å². The van der Waals surface area contributed by atoms with Crippen LogP contribution in [-0.2, 0) is 6.54 Å². The highest BCUT2D eigenvalue weighted by Gasteiger charge is 2.12. The summed E-state index contributed by atoms with van der Waals surface area (Å²) in [5, 5.41) is 6.75. The Bertz CT molecular complexity index is 624. The van der Waals surface area contributed by atoms with Gasteiger partial charge in [0.1, 0.15) is 5.82 Å². The molecule has 1 heterocycles. The van der Waals surface area contributed by atoms with E-state index in [4.69, 9.17) is 11.6 Å². The Balaban J connectivity index is 2.18. The summed E-state index contributed by atoms with van der Waals surface area (Å²) in [5.41, 5.74) is 1.66. The molecule has 2 aromatic rings. The van der Waals surface area contributed by atoms with Crippen LogP contribution in [0.25, 0.3) is 0 Å². The molecule has 1 aromatic heterocycles. The van der Waals surface area contributed by atoms with Gasteiger partial charge in [0.05, 0.1) is 5.02 Å². The summed E-state index contributed by atoms with van der Waals surface area (Å²) in [6.45, 7) is 4.52. The smallest absolute Gasteiger partial charge is 0.276 e. The predicted molar refractivity (Wildman–Crippen MR) is 72.0 cm³/mol. The van der Waals surface area contributed by atoms with Crippen LogP contribution in [0.1, 0.15) is 23.1 Å². The molecule has 0 unspecified atom stereocenters. The number of carbonyl (C=O) groups excluding carboxylic acids is 1. The molecule has 0 saturated heterocycles. The molecule has 0 aliphatic heterocycles. The highest BCUT2D eigenvalue weighted by Crippen LogP contribution is 2.19. The van der Waals surface area contributed by atoms with Gasteiger partial charge in [-0.05, 0) is 38.1 Å². The fourth-order valence-corrected chi connectivity index (χ4v) is 1.89. The predicted octanol–water partition coefficient (Wildman–Crippen LogP) is 3.26. The van der Waals surface area contributed by atoms with E-state index in [0.29, 0.717) is 17.9 Å². The van der Waals surface area contributed by atoms with Gasteiger partial charge < -0.3 is 5.32 Å². The number of rotatable bonds is 3. The number of hydrogen-bond donors (Lipinski definition) is 1. The number of halogens is 2. The van der Waals surface area contributed by atoms with Gasteiger partial charge in [0.2, 0.25) is 0 Å². The number of nitrogens with zero attached hydrogens (tertiary/aromatic N) is 2. The lowest BCUT2D eigenvalue weighted by atomic mass is 10.3. The summed E-state index contributed by atoms with van der Waals surface area (Å²) in [6, 6.07) is 5.71. The molecule has 0 spiro atoms. The average Bonchev–Trinajstić information content (AvgIpc) is 2.75. The van der Waals surface area contributed by atoms with Crippen LogP contribution in [-0.4, -0.2) is 15.7 Å². The minimum absolute atomic E-state index is 0.0342. The third-order valence-corrected chi connectivity index (χ3v) is 2.98. The molecule has 19 heavy (non-hydrogen) atoms. The second-order valence-corrected chi connectivity index (χ2v) is 4.48. The number of nitrogens with one attached hydrogen (secondary N) is 1. The van der Waals surface area contributed by atoms with E-state index in [9.17, 15) is 9.18 Å². The van der Waals surface area contributed by atoms with Crippen molar-refractivity contribution >= 4 is 23.2 Å². The van der Waals surface area contributed by atoms with Crippen LogP contribution in [0.5, 0.6) is 0 Å². The molecule has 0 aliphatic rings. The molecule has 0 bridgehead atoms. The first-order chi connectivity index (χ1) is 9.01. The van der Waals surface area contributed by atoms with Gasteiger partial charge in [-0.15, -0.1) is 0 Å². The average molecular weight is 282 g/mol. The van der Waals surface area contributed by atoms with E-state index in [0.717, 1.165) is 5.69 Å². The summed E-state index contributed by atoms with van der Waals surface area (Å²) in [4.78, 5) is 12.0. The van der Waals surface area contributed by atoms with E-state index >= 15 is 0 Å². The Hall–Kier alpha value is -1.88. The molecular formula is C13H13ClFN3O. The summed E-state index contributed by atoms with van der Waals surface area (Å²) in [5.74, 6) is -0.872. The van der Waals surface area contributed by atoms with Gasteiger partial charge >= 0.3 is 0 Å². The summed E-state index contributed by atoms with van der Waals surface area (Å²) in [6.07, 6.45) is 0. The van der Waals surface area contributed by atoms with Crippen molar-refractivity contribution in [2.24, 2.45) is 0 Å². The van der Waals surface area contributed by atoms with Crippen molar-refractivity contribution in [3.8, 4) is 0 Å². The Morgan fingerprint density at radius 3 is 2.79 bits per heavy atom. The zero-order chi connectivity index (χ0) is 14.0. The largest absolute Gasteiger partial charge is 0.321 e. The maximum absolute atomic E-state index is 13.0. The van der Waals surface area contributed by atoms with Crippen molar-refractivity contribution in [1.82, 2.24) is 9.78 Å². The van der Waals surface area contributed by atoms with Crippen molar-refractivity contribution in [1.29, 1.82) is 0 Å². The highest BCUT2D eigenvalue weighted by atomic mass is 35.5. The fourth-order valence-electron chi connectivity index (χ4n) is 1.71. The lowest BCUT2D eigenvalue weighted by Crippen LogP contribution is -2.13. The van der Waals surface area contributed by atoms with Gasteiger partial charge in [-0.2, -0.15) is 5.10 Å². The molecule has 0 radical (unpaired) electrons. The Morgan fingerprint density at radius 2 is 2.21 bits per heavy atom. The van der Waals surface area contributed by atoms with Crippen molar-refractivity contribution in [3.05, 3.63) is 46.5 Å². The third-order valence-electron chi connectivity index (χ3n) is 2.69. The van der Waals surface area contributed by atoms with Crippen LogP contribution < -0.4 is 5.32 Å². The minimum Gasteiger partial charge on any atom is -0.321 e. The normalized spacial score (nSPS) is 10.5. The molecule has 2 rings (SSSR count). The molecule has 4 nitrogen and oxygen atoms in total. The van der Waals surface area contributed by atoms with E-state index in [2.05, 4.69) is 10.4 Å². The first-order valence-corrected chi connectivity index (χ1v) is 6.20. The highest BCUT2D eigenvalue weighted by molar-refractivity contribution is 6.31. The van der Waals surface area contributed by atoms with Gasteiger partial charge in [-0.25, -0.2) is 4.39 Å². The standard InChI is InChI=1S/C13H13ClFN3O/c1-3-18-8(2)6-12(17-18)13(19)16-9-4-5-11(15)10(14)7-9/h4-7H,3H2,1-2H3,(H,16,19). The van der Waals surface area contributed by atoms with Crippen LogP contribution in [0.3, 0.4) is 0 Å². The molecule has 0 aliphatic carbocycles. The molecule has 6 heteroatoms. The molecule has 0 saturated carbocycles. The first kappa shape index (κ1) is 13.5. The molecular weight excluding hydrogens is 269 g/mol. The number of amides is 1. The summed E-state index contributed by atoms with van der Waals surface area (Å²) >= 11 is 5.65. The van der Waals surface area contributed by atoms with Gasteiger partial charge in [0.25, 0.3) is 5.91 Å². The second kappa shape index (κ2) is 5.40. The Labute approximate surface area is 115 Å². The van der Waals surface area contributed by atoms with E-state index in [1.807, 2.05) is 13.8 Å². The van der Waals surface area contributed by atoms with Crippen LogP contribution in [0.15, 0.2) is 24.3 Å². The number of aryl methyl sites for hydroxylation is 2. The zero-order valence-electron chi connectivity index (χ0n) is 10.6. The van der Waals surface area contributed by atoms with Gasteiger partial charge in [-0.1, -0.05) is 11.6 Å². The van der Waals surface area contributed by atoms with E-state index in [1.54, 1.807) is 10.7 Å². The number of anilines is 1. The number of aromatic nitrogens is 2. The Kier molecular flexibility index (Phi) is 3.85. The monoisotopic (exact) mass is 281 g/mol. The van der Waals surface area contributed by atoms with Crippen molar-refractivity contribution < 1.29 is 9.18 Å². The lowest BCUT2D eigenvalue weighted by Gasteiger charge is -2.04. The molecule has 1 N–H and O–H groups in total. The van der Waals surface area contributed by atoms with E-state index in [-0.39, 0.29) is 10.9 Å². The third kappa shape index (κ3) is 2.93. The van der Waals surface area contributed by atoms with Crippen LogP contribution >= 0.6 is 11.6 Å². The van der Waals surface area contributed by atoms with Crippen molar-refractivity contribution in [2.45, 2.75) is 20.4 Å². The molecule has 1 amide bonds. The fraction of sp³-hybridized carbons (Fsp3) is 0.231. The minimum atomic E-state index is -0.522. The van der Waals surface area contributed by atoms with E-state index in [1.165, 1.54) is 18.2 Å². The van der Waals surface area contributed by atoms with Crippen molar-refractivity contribution in [2.75, 3.05) is 5.32 Å². The van der Waals surface area contributed by atoms with Gasteiger partial charge in [0.15, 0.2) is 5.69 Å². The quantitative estimate of drug-likeness (QED) is 0.939. The number of carbonyl (C=O) groups is 1. The van der Waals surface area contributed by atoms with Crippen molar-refractivity contribution in [3.63, 3.8) is 0 Å². The second-order valence-electron chi connectivity index (χ2n) is 4.07. The molecule has 0 atom stereocenters. The Morgan fingerprint density at radius 1 is 1.47 bits per heavy atom. The maximum Gasteiger partial charge on any atom is 0.276 e. The number of benzene rings is 1. The van der Waals surface area contributed by atoms with E-state index < -0.39 is 5.82 Å². The topological polar surface area (TPSA) is 46.9 Å². The summed E-state index contributed by atoms with van der Waals surface area (Å²) in [7, 11) is 0. The van der Waals surface area contributed by atoms with Crippen LogP contribution in [0.2, 0.25) is 5.02 Å². The SMILES string of the molecule is CCn1nc(C(=O)Nc2ccc(F)c(Cl)c2)cc1C. The first-order valence-electron chi connectivity index (χ1n) is 5.82. The molecule has 0 fully saturated rings. The van der Waals surface area contributed by atoms with Crippen LogP contribution in [0.4, 0.5) is 10.1 Å². The summed E-state index contributed by atoms with van der Waals surface area (Å²) < 4.78 is 14.7.